The Morgan fingerprint density at radius 3 is 2.80 bits per heavy atom. The van der Waals surface area contributed by atoms with Gasteiger partial charge >= 0.3 is 0 Å². The summed E-state index contributed by atoms with van der Waals surface area (Å²) in [6.45, 7) is 0.270. The standard InChI is InChI=1S/C17H17N3O3S2/c18-11-17(5-1-2-6-17)15(22)19-7-8-20-14(21)13(25-16(20)23)10-12-4-3-9-24-12/h3-4,9-10H,1-2,5-8H2,(H,19,22)/b13-10+. The molecule has 1 saturated carbocycles. The van der Waals surface area contributed by atoms with Crippen molar-refractivity contribution in [3.63, 3.8) is 0 Å². The number of nitrogens with one attached hydrogen (secondary N) is 1. The average molecular weight is 375 g/mol. The molecule has 2 fully saturated rings. The van der Waals surface area contributed by atoms with Crippen LogP contribution in [0.25, 0.3) is 6.08 Å². The van der Waals surface area contributed by atoms with E-state index in [0.717, 1.165) is 34.4 Å². The first-order valence-electron chi connectivity index (χ1n) is 8.04. The van der Waals surface area contributed by atoms with Crippen LogP contribution in [-0.4, -0.2) is 35.0 Å². The lowest BCUT2D eigenvalue weighted by Gasteiger charge is -2.20. The van der Waals surface area contributed by atoms with E-state index in [2.05, 4.69) is 11.4 Å². The predicted molar refractivity (Wildman–Crippen MR) is 96.5 cm³/mol. The Hall–Kier alpha value is -2.11. The zero-order valence-corrected chi connectivity index (χ0v) is 15.1. The van der Waals surface area contributed by atoms with E-state index in [9.17, 15) is 19.6 Å². The van der Waals surface area contributed by atoms with Gasteiger partial charge in [0, 0.05) is 18.0 Å². The molecule has 0 radical (unpaired) electrons. The van der Waals surface area contributed by atoms with E-state index in [1.807, 2.05) is 17.5 Å². The van der Waals surface area contributed by atoms with E-state index in [-0.39, 0.29) is 30.1 Å². The minimum absolute atomic E-state index is 0.111. The largest absolute Gasteiger partial charge is 0.353 e. The Morgan fingerprint density at radius 2 is 2.16 bits per heavy atom. The summed E-state index contributed by atoms with van der Waals surface area (Å²) in [4.78, 5) is 39.1. The van der Waals surface area contributed by atoms with E-state index < -0.39 is 5.41 Å². The molecule has 1 aromatic heterocycles. The molecule has 0 aromatic carbocycles. The quantitative estimate of drug-likeness (QED) is 0.799. The molecule has 0 unspecified atom stereocenters. The smallest absolute Gasteiger partial charge is 0.293 e. The minimum Gasteiger partial charge on any atom is -0.353 e. The second-order valence-corrected chi connectivity index (χ2v) is 7.98. The van der Waals surface area contributed by atoms with E-state index in [1.165, 1.54) is 11.3 Å². The van der Waals surface area contributed by atoms with Crippen molar-refractivity contribution in [3.8, 4) is 6.07 Å². The fraction of sp³-hybridized carbons (Fsp3) is 0.412. The van der Waals surface area contributed by atoms with Gasteiger partial charge in [-0.1, -0.05) is 18.9 Å². The second-order valence-electron chi connectivity index (χ2n) is 6.01. The Morgan fingerprint density at radius 1 is 1.40 bits per heavy atom. The molecule has 1 aliphatic carbocycles. The van der Waals surface area contributed by atoms with Crippen LogP contribution >= 0.6 is 23.1 Å². The molecule has 1 aliphatic heterocycles. The molecular formula is C17H17N3O3S2. The molecule has 2 heterocycles. The zero-order chi connectivity index (χ0) is 17.9. The summed E-state index contributed by atoms with van der Waals surface area (Å²) >= 11 is 2.40. The van der Waals surface area contributed by atoms with Crippen molar-refractivity contribution >= 4 is 46.2 Å². The highest BCUT2D eigenvalue weighted by Gasteiger charge is 2.41. The molecule has 1 N–H and O–H groups in total. The van der Waals surface area contributed by atoms with Crippen molar-refractivity contribution in [1.82, 2.24) is 10.2 Å². The van der Waals surface area contributed by atoms with Crippen LogP contribution in [0.5, 0.6) is 0 Å². The maximum Gasteiger partial charge on any atom is 0.293 e. The number of hydrogen-bond acceptors (Lipinski definition) is 6. The molecule has 0 atom stereocenters. The first kappa shape index (κ1) is 17.7. The normalized spacial score (nSPS) is 20.9. The Balaban J connectivity index is 1.57. The first-order valence-corrected chi connectivity index (χ1v) is 9.74. The predicted octanol–water partition coefficient (Wildman–Crippen LogP) is 2.98. The minimum atomic E-state index is -0.946. The van der Waals surface area contributed by atoms with Gasteiger partial charge in [-0.3, -0.25) is 19.3 Å². The number of carbonyl (C=O) groups excluding carboxylic acids is 3. The molecular weight excluding hydrogens is 358 g/mol. The summed E-state index contributed by atoms with van der Waals surface area (Å²) in [5, 5.41) is 13.6. The van der Waals surface area contributed by atoms with E-state index >= 15 is 0 Å². The van der Waals surface area contributed by atoms with Gasteiger partial charge in [-0.15, -0.1) is 11.3 Å². The second kappa shape index (κ2) is 7.42. The van der Waals surface area contributed by atoms with Crippen molar-refractivity contribution in [2.45, 2.75) is 25.7 Å². The third kappa shape index (κ3) is 3.62. The number of imide groups is 1. The van der Waals surface area contributed by atoms with Crippen molar-refractivity contribution in [2.75, 3.05) is 13.1 Å². The van der Waals surface area contributed by atoms with Crippen LogP contribution in [0.2, 0.25) is 0 Å². The Kier molecular flexibility index (Phi) is 5.25. The van der Waals surface area contributed by atoms with Crippen LogP contribution in [0.3, 0.4) is 0 Å². The molecule has 0 bridgehead atoms. The number of thioether (sulfide) groups is 1. The topological polar surface area (TPSA) is 90.3 Å². The zero-order valence-electron chi connectivity index (χ0n) is 13.5. The summed E-state index contributed by atoms with van der Waals surface area (Å²) in [6.07, 6.45) is 4.59. The summed E-state index contributed by atoms with van der Waals surface area (Å²) in [5.74, 6) is -0.637. The fourth-order valence-electron chi connectivity index (χ4n) is 3.01. The molecule has 3 rings (SSSR count). The molecule has 3 amide bonds. The molecule has 1 saturated heterocycles. The van der Waals surface area contributed by atoms with Crippen LogP contribution < -0.4 is 5.32 Å². The maximum absolute atomic E-state index is 12.3. The summed E-state index contributed by atoms with van der Waals surface area (Å²) < 4.78 is 0. The number of amides is 3. The van der Waals surface area contributed by atoms with Crippen molar-refractivity contribution in [2.24, 2.45) is 5.41 Å². The van der Waals surface area contributed by atoms with Crippen LogP contribution in [0.4, 0.5) is 4.79 Å². The number of hydrogen-bond donors (Lipinski definition) is 1. The van der Waals surface area contributed by atoms with Gasteiger partial charge in [0.15, 0.2) is 0 Å². The third-order valence-corrected chi connectivity index (χ3v) is 6.14. The van der Waals surface area contributed by atoms with Gasteiger partial charge < -0.3 is 5.32 Å². The third-order valence-electron chi connectivity index (χ3n) is 4.42. The van der Waals surface area contributed by atoms with E-state index in [1.54, 1.807) is 6.08 Å². The van der Waals surface area contributed by atoms with Gasteiger partial charge in [-0.25, -0.2) is 0 Å². The Bertz CT molecular complexity index is 759. The van der Waals surface area contributed by atoms with Crippen LogP contribution in [-0.2, 0) is 9.59 Å². The summed E-state index contributed by atoms with van der Waals surface area (Å²) in [7, 11) is 0. The maximum atomic E-state index is 12.3. The van der Waals surface area contributed by atoms with Gasteiger partial charge in [-0.05, 0) is 42.1 Å². The van der Waals surface area contributed by atoms with Crippen LogP contribution in [0.1, 0.15) is 30.6 Å². The molecule has 1 aromatic rings. The number of thiophene rings is 1. The van der Waals surface area contributed by atoms with Gasteiger partial charge in [-0.2, -0.15) is 5.26 Å². The van der Waals surface area contributed by atoms with Gasteiger partial charge in [0.1, 0.15) is 5.41 Å². The highest BCUT2D eigenvalue weighted by Crippen LogP contribution is 2.37. The molecule has 25 heavy (non-hydrogen) atoms. The van der Waals surface area contributed by atoms with Crippen LogP contribution in [0.15, 0.2) is 22.4 Å². The lowest BCUT2D eigenvalue weighted by molar-refractivity contribution is -0.128. The highest BCUT2D eigenvalue weighted by atomic mass is 32.2. The van der Waals surface area contributed by atoms with Crippen molar-refractivity contribution in [3.05, 3.63) is 27.3 Å². The van der Waals surface area contributed by atoms with Crippen molar-refractivity contribution < 1.29 is 14.4 Å². The molecule has 130 valence electrons. The fourth-order valence-corrected chi connectivity index (χ4v) is 4.60. The lowest BCUT2D eigenvalue weighted by Crippen LogP contribution is -2.43. The first-order chi connectivity index (χ1) is 12.1. The van der Waals surface area contributed by atoms with Crippen LogP contribution in [0, 0.1) is 16.7 Å². The van der Waals surface area contributed by atoms with E-state index in [4.69, 9.17) is 0 Å². The number of carbonyl (C=O) groups is 3. The monoisotopic (exact) mass is 375 g/mol. The highest BCUT2D eigenvalue weighted by molar-refractivity contribution is 8.18. The van der Waals surface area contributed by atoms with Gasteiger partial charge in [0.25, 0.3) is 11.1 Å². The molecule has 2 aliphatic rings. The van der Waals surface area contributed by atoms with E-state index in [0.29, 0.717) is 17.7 Å². The number of nitriles is 1. The number of rotatable bonds is 5. The molecule has 0 spiro atoms. The number of nitrogens with zero attached hydrogens (tertiary/aromatic N) is 2. The van der Waals surface area contributed by atoms with Crippen molar-refractivity contribution in [1.29, 1.82) is 5.26 Å². The lowest BCUT2D eigenvalue weighted by atomic mass is 9.87. The average Bonchev–Trinajstić information content (AvgIpc) is 3.33. The summed E-state index contributed by atoms with van der Waals surface area (Å²) in [6, 6.07) is 5.89. The summed E-state index contributed by atoms with van der Waals surface area (Å²) in [5.41, 5.74) is -0.946. The van der Waals surface area contributed by atoms with Gasteiger partial charge in [0.2, 0.25) is 5.91 Å². The molecule has 8 heteroatoms. The SMILES string of the molecule is N#CC1(C(=O)NCCN2C(=O)S/C(=C/c3cccs3)C2=O)CCCC1. The molecule has 6 nitrogen and oxygen atoms in total. The Labute approximate surface area is 153 Å². The van der Waals surface area contributed by atoms with Gasteiger partial charge in [0.05, 0.1) is 11.0 Å².